The van der Waals surface area contributed by atoms with Gasteiger partial charge in [0.1, 0.15) is 0 Å². The molecule has 0 aliphatic rings. The van der Waals surface area contributed by atoms with Crippen molar-refractivity contribution in [3.63, 3.8) is 0 Å². The molecule has 0 aliphatic heterocycles. The average molecular weight is 210 g/mol. The number of anilines is 1. The minimum absolute atomic E-state index is 0.0215. The quantitative estimate of drug-likeness (QED) is 0.776. The fourth-order valence-electron chi connectivity index (χ4n) is 1.15. The van der Waals surface area contributed by atoms with E-state index in [0.717, 1.165) is 17.7 Å². The highest BCUT2D eigenvalue weighted by Crippen LogP contribution is 2.13. The summed E-state index contributed by atoms with van der Waals surface area (Å²) in [4.78, 5) is 11.6. The SMILES string of the molecule is C=C(C)C[C@H](C)C(=O)Nc1cnsc1. The zero-order valence-corrected chi connectivity index (χ0v) is 9.23. The number of rotatable bonds is 4. The Kier molecular flexibility index (Phi) is 3.83. The molecule has 1 atom stereocenters. The second-order valence-electron chi connectivity index (χ2n) is 3.46. The monoisotopic (exact) mass is 210 g/mol. The summed E-state index contributed by atoms with van der Waals surface area (Å²) in [5.41, 5.74) is 1.80. The van der Waals surface area contributed by atoms with Crippen molar-refractivity contribution in [1.29, 1.82) is 0 Å². The Morgan fingerprint density at radius 3 is 3.00 bits per heavy atom. The molecule has 4 heteroatoms. The topological polar surface area (TPSA) is 42.0 Å². The Hall–Kier alpha value is -1.16. The van der Waals surface area contributed by atoms with Gasteiger partial charge < -0.3 is 5.32 Å². The van der Waals surface area contributed by atoms with E-state index < -0.39 is 0 Å². The molecule has 1 amide bonds. The number of nitrogens with zero attached hydrogens (tertiary/aromatic N) is 1. The lowest BCUT2D eigenvalue weighted by atomic mass is 10.0. The van der Waals surface area contributed by atoms with Crippen LogP contribution in [0.15, 0.2) is 23.7 Å². The summed E-state index contributed by atoms with van der Waals surface area (Å²) < 4.78 is 3.90. The molecule has 0 spiro atoms. The van der Waals surface area contributed by atoms with Crippen LogP contribution in [0.3, 0.4) is 0 Å². The molecule has 0 saturated carbocycles. The molecule has 0 bridgehead atoms. The highest BCUT2D eigenvalue weighted by molar-refractivity contribution is 7.04. The Morgan fingerprint density at radius 1 is 1.79 bits per heavy atom. The molecule has 0 aliphatic carbocycles. The Bertz CT molecular complexity index is 319. The first-order valence-corrected chi connectivity index (χ1v) is 5.28. The largest absolute Gasteiger partial charge is 0.324 e. The Labute approximate surface area is 88.0 Å². The molecular formula is C10H14N2OS. The first-order chi connectivity index (χ1) is 6.59. The van der Waals surface area contributed by atoms with Gasteiger partial charge in [-0.25, -0.2) is 0 Å². The van der Waals surface area contributed by atoms with Crippen LogP contribution in [-0.2, 0) is 4.79 Å². The standard InChI is InChI=1S/C10H14N2OS/c1-7(2)4-8(3)10(13)12-9-5-11-14-6-9/h5-6,8H,1,4H2,2-3H3,(H,12,13)/t8-/m0/s1. The lowest BCUT2D eigenvalue weighted by molar-refractivity contribution is -0.119. The number of aromatic nitrogens is 1. The highest BCUT2D eigenvalue weighted by Gasteiger charge is 2.12. The van der Waals surface area contributed by atoms with E-state index in [1.807, 2.05) is 19.2 Å². The van der Waals surface area contributed by atoms with Gasteiger partial charge in [-0.15, -0.1) is 6.58 Å². The third-order valence-electron chi connectivity index (χ3n) is 1.80. The van der Waals surface area contributed by atoms with E-state index in [-0.39, 0.29) is 11.8 Å². The first kappa shape index (κ1) is 10.9. The Balaban J connectivity index is 2.46. The molecule has 1 heterocycles. The van der Waals surface area contributed by atoms with E-state index in [9.17, 15) is 4.79 Å². The van der Waals surface area contributed by atoms with Gasteiger partial charge in [0, 0.05) is 11.3 Å². The van der Waals surface area contributed by atoms with Crippen LogP contribution in [0.5, 0.6) is 0 Å². The minimum atomic E-state index is -0.0348. The van der Waals surface area contributed by atoms with Crippen LogP contribution in [0.1, 0.15) is 20.3 Å². The van der Waals surface area contributed by atoms with Crippen molar-refractivity contribution in [2.45, 2.75) is 20.3 Å². The van der Waals surface area contributed by atoms with Crippen LogP contribution in [0.25, 0.3) is 0 Å². The van der Waals surface area contributed by atoms with Gasteiger partial charge in [-0.05, 0) is 24.9 Å². The van der Waals surface area contributed by atoms with Gasteiger partial charge in [-0.1, -0.05) is 12.5 Å². The van der Waals surface area contributed by atoms with Gasteiger partial charge in [0.05, 0.1) is 11.9 Å². The van der Waals surface area contributed by atoms with Crippen molar-refractivity contribution >= 4 is 23.1 Å². The van der Waals surface area contributed by atoms with Gasteiger partial charge in [-0.3, -0.25) is 4.79 Å². The number of allylic oxidation sites excluding steroid dienone is 1. The van der Waals surface area contributed by atoms with E-state index in [0.29, 0.717) is 0 Å². The van der Waals surface area contributed by atoms with Crippen molar-refractivity contribution in [3.05, 3.63) is 23.7 Å². The zero-order valence-electron chi connectivity index (χ0n) is 8.41. The normalized spacial score (nSPS) is 12.1. The predicted octanol–water partition coefficient (Wildman–Crippen LogP) is 2.68. The van der Waals surface area contributed by atoms with E-state index in [4.69, 9.17) is 0 Å². The maximum absolute atomic E-state index is 11.6. The summed E-state index contributed by atoms with van der Waals surface area (Å²) in [6, 6.07) is 0. The van der Waals surface area contributed by atoms with E-state index in [1.54, 1.807) is 6.20 Å². The summed E-state index contributed by atoms with van der Waals surface area (Å²) in [6.45, 7) is 7.60. The van der Waals surface area contributed by atoms with Gasteiger partial charge in [0.25, 0.3) is 0 Å². The molecule has 0 unspecified atom stereocenters. The first-order valence-electron chi connectivity index (χ1n) is 4.44. The summed E-state index contributed by atoms with van der Waals surface area (Å²) in [7, 11) is 0. The van der Waals surface area contributed by atoms with Crippen molar-refractivity contribution < 1.29 is 4.79 Å². The van der Waals surface area contributed by atoms with Crippen molar-refractivity contribution in [1.82, 2.24) is 4.37 Å². The molecule has 0 saturated heterocycles. The number of hydrogen-bond donors (Lipinski definition) is 1. The molecule has 0 radical (unpaired) electrons. The number of carbonyl (C=O) groups excluding carboxylic acids is 1. The van der Waals surface area contributed by atoms with E-state index >= 15 is 0 Å². The fraction of sp³-hybridized carbons (Fsp3) is 0.400. The Morgan fingerprint density at radius 2 is 2.50 bits per heavy atom. The molecule has 0 aromatic carbocycles. The highest BCUT2D eigenvalue weighted by atomic mass is 32.1. The molecule has 1 N–H and O–H groups in total. The van der Waals surface area contributed by atoms with E-state index in [2.05, 4.69) is 16.3 Å². The van der Waals surface area contributed by atoms with Crippen LogP contribution in [0.4, 0.5) is 5.69 Å². The van der Waals surface area contributed by atoms with Gasteiger partial charge in [-0.2, -0.15) is 4.37 Å². The molecular weight excluding hydrogens is 196 g/mol. The molecule has 3 nitrogen and oxygen atoms in total. The molecule has 1 rings (SSSR count). The van der Waals surface area contributed by atoms with Crippen molar-refractivity contribution in [2.24, 2.45) is 5.92 Å². The third kappa shape index (κ3) is 3.30. The van der Waals surface area contributed by atoms with Crippen molar-refractivity contribution in [3.8, 4) is 0 Å². The molecule has 76 valence electrons. The van der Waals surface area contributed by atoms with Crippen LogP contribution >= 0.6 is 11.5 Å². The zero-order chi connectivity index (χ0) is 10.6. The summed E-state index contributed by atoms with van der Waals surface area (Å²) in [6.07, 6.45) is 2.37. The van der Waals surface area contributed by atoms with Gasteiger partial charge in [0.15, 0.2) is 0 Å². The van der Waals surface area contributed by atoms with Crippen LogP contribution in [-0.4, -0.2) is 10.3 Å². The lowest BCUT2D eigenvalue weighted by Gasteiger charge is -2.10. The van der Waals surface area contributed by atoms with Gasteiger partial charge >= 0.3 is 0 Å². The molecule has 14 heavy (non-hydrogen) atoms. The number of carbonyl (C=O) groups is 1. The smallest absolute Gasteiger partial charge is 0.227 e. The molecule has 0 fully saturated rings. The second-order valence-corrected chi connectivity index (χ2v) is 4.12. The summed E-state index contributed by atoms with van der Waals surface area (Å²) >= 11 is 1.32. The van der Waals surface area contributed by atoms with Gasteiger partial charge in [0.2, 0.25) is 5.91 Å². The average Bonchev–Trinajstić information content (AvgIpc) is 2.55. The molecule has 1 aromatic rings. The molecule has 1 aromatic heterocycles. The van der Waals surface area contributed by atoms with Crippen molar-refractivity contribution in [2.75, 3.05) is 5.32 Å². The number of hydrogen-bond acceptors (Lipinski definition) is 3. The van der Waals surface area contributed by atoms with E-state index in [1.165, 1.54) is 11.5 Å². The lowest BCUT2D eigenvalue weighted by Crippen LogP contribution is -2.20. The summed E-state index contributed by atoms with van der Waals surface area (Å²) in [5, 5.41) is 4.61. The predicted molar refractivity (Wildman–Crippen MR) is 59.3 cm³/mol. The summed E-state index contributed by atoms with van der Waals surface area (Å²) in [5.74, 6) is -0.0133. The second kappa shape index (κ2) is 4.91. The minimum Gasteiger partial charge on any atom is -0.324 e. The maximum atomic E-state index is 11.6. The van der Waals surface area contributed by atoms with Crippen LogP contribution < -0.4 is 5.32 Å². The number of nitrogens with one attached hydrogen (secondary N) is 1. The maximum Gasteiger partial charge on any atom is 0.227 e. The third-order valence-corrected chi connectivity index (χ3v) is 2.39. The van der Waals surface area contributed by atoms with Crippen LogP contribution in [0.2, 0.25) is 0 Å². The van der Waals surface area contributed by atoms with Crippen LogP contribution in [0, 0.1) is 5.92 Å². The fourth-order valence-corrected chi connectivity index (χ4v) is 1.62. The number of amides is 1.